The van der Waals surface area contributed by atoms with Crippen molar-refractivity contribution < 1.29 is 40.1 Å². The van der Waals surface area contributed by atoms with Crippen LogP contribution in [0.2, 0.25) is 77.6 Å². The number of hydrogen-bond acceptors (Lipinski definition) is 9. The van der Waals surface area contributed by atoms with Crippen LogP contribution >= 0.6 is 0 Å². The van der Waals surface area contributed by atoms with E-state index in [1.807, 2.05) is 0 Å². The van der Waals surface area contributed by atoms with Crippen LogP contribution in [-0.4, -0.2) is 108 Å². The highest BCUT2D eigenvalue weighted by molar-refractivity contribution is 6.90. The predicted molar refractivity (Wildman–Crippen MR) is 169 cm³/mol. The third-order valence-electron chi connectivity index (χ3n) is 5.52. The Bertz CT molecular complexity index is 659. The normalized spacial score (nSPS) is 19.6. The molecular weight excluding hydrogens is 585 g/mol. The number of ether oxygens (including phenoxy) is 5. The van der Waals surface area contributed by atoms with E-state index in [4.69, 9.17) is 40.1 Å². The molecule has 39 heavy (non-hydrogen) atoms. The molecule has 0 aliphatic carbocycles. The van der Waals surface area contributed by atoms with Crippen molar-refractivity contribution in [3.05, 3.63) is 0 Å². The third-order valence-corrected chi connectivity index (χ3v) is 23.8. The molecule has 3 unspecified atom stereocenters. The van der Waals surface area contributed by atoms with Gasteiger partial charge in [0.25, 0.3) is 0 Å². The van der Waals surface area contributed by atoms with Gasteiger partial charge >= 0.3 is 25.7 Å². The molecule has 9 nitrogen and oxygen atoms in total. The highest BCUT2D eigenvalue weighted by Crippen LogP contribution is 2.32. The average Bonchev–Trinajstić information content (AvgIpc) is 3.55. The Hall–Kier alpha value is 0.724. The standard InChI is InChI=1S/C25H60O9Si5/c1-26-15-12-16-27-19-20-28-17-13-21-38(10,32-36(5,6)7)34-39(11,22-14-18-29-23-25-24-30-25)33-37(8,9)31-35(2,3)4/h25H,12-24H2,1-11H3. The molecule has 234 valence electrons. The molecule has 1 heterocycles. The van der Waals surface area contributed by atoms with Crippen molar-refractivity contribution in [1.29, 1.82) is 0 Å². The SMILES string of the molecule is COCCCOCCOCCC[Si](C)(O[Si](C)(C)C)O[Si](C)(CCCOCC1CO1)O[Si](C)(C)O[Si](C)(C)C. The molecule has 0 N–H and O–H groups in total. The van der Waals surface area contributed by atoms with Crippen LogP contribution in [0.1, 0.15) is 19.3 Å². The summed E-state index contributed by atoms with van der Waals surface area (Å²) in [4.78, 5) is 0. The summed E-state index contributed by atoms with van der Waals surface area (Å²) in [6.07, 6.45) is 2.96. The van der Waals surface area contributed by atoms with Crippen LogP contribution in [0.15, 0.2) is 0 Å². The summed E-state index contributed by atoms with van der Waals surface area (Å²) in [7, 11) is -9.52. The fourth-order valence-corrected chi connectivity index (χ4v) is 28.4. The molecule has 0 bridgehead atoms. The Morgan fingerprint density at radius 1 is 0.564 bits per heavy atom. The molecule has 1 rings (SSSR count). The molecule has 0 spiro atoms. The van der Waals surface area contributed by atoms with E-state index in [9.17, 15) is 0 Å². The molecule has 1 aliphatic heterocycles. The van der Waals surface area contributed by atoms with Crippen molar-refractivity contribution in [2.45, 2.75) is 103 Å². The molecule has 0 aromatic rings. The highest BCUT2D eigenvalue weighted by Gasteiger charge is 2.48. The minimum Gasteiger partial charge on any atom is -0.437 e. The Kier molecular flexibility index (Phi) is 17.2. The van der Waals surface area contributed by atoms with Crippen molar-refractivity contribution in [2.24, 2.45) is 0 Å². The summed E-state index contributed by atoms with van der Waals surface area (Å²) in [5, 5.41) is 0. The first-order valence-corrected chi connectivity index (χ1v) is 29.3. The lowest BCUT2D eigenvalue weighted by atomic mass is 10.5. The molecule has 0 radical (unpaired) electrons. The van der Waals surface area contributed by atoms with Gasteiger partial charge < -0.3 is 40.1 Å². The van der Waals surface area contributed by atoms with Crippen molar-refractivity contribution in [1.82, 2.24) is 0 Å². The van der Waals surface area contributed by atoms with Gasteiger partial charge in [0.1, 0.15) is 6.10 Å². The van der Waals surface area contributed by atoms with Gasteiger partial charge in [-0.25, -0.2) is 0 Å². The van der Waals surface area contributed by atoms with Crippen LogP contribution in [0.4, 0.5) is 0 Å². The monoisotopic (exact) mass is 644 g/mol. The van der Waals surface area contributed by atoms with Crippen molar-refractivity contribution in [3.63, 3.8) is 0 Å². The molecule has 1 aliphatic rings. The second-order valence-corrected chi connectivity index (χ2v) is 33.2. The van der Waals surface area contributed by atoms with Gasteiger partial charge in [0, 0.05) is 33.5 Å². The summed E-state index contributed by atoms with van der Waals surface area (Å²) >= 11 is 0. The van der Waals surface area contributed by atoms with E-state index >= 15 is 0 Å². The average molecular weight is 645 g/mol. The van der Waals surface area contributed by atoms with Crippen molar-refractivity contribution in [3.8, 4) is 0 Å². The zero-order valence-electron chi connectivity index (χ0n) is 26.9. The number of rotatable bonds is 25. The van der Waals surface area contributed by atoms with E-state index in [0.717, 1.165) is 44.6 Å². The van der Waals surface area contributed by atoms with Crippen molar-refractivity contribution >= 4 is 42.3 Å². The van der Waals surface area contributed by atoms with Crippen LogP contribution in [0, 0.1) is 0 Å². The van der Waals surface area contributed by atoms with Gasteiger partial charge in [-0.3, -0.25) is 0 Å². The topological polar surface area (TPSA) is 86.4 Å². The number of hydrogen-bond donors (Lipinski definition) is 0. The lowest BCUT2D eigenvalue weighted by molar-refractivity contribution is 0.0397. The molecule has 3 atom stereocenters. The lowest BCUT2D eigenvalue weighted by Crippen LogP contribution is -2.60. The quantitative estimate of drug-likeness (QED) is 0.0692. The van der Waals surface area contributed by atoms with Gasteiger partial charge in [0.2, 0.25) is 0 Å². The largest absolute Gasteiger partial charge is 0.437 e. The van der Waals surface area contributed by atoms with Crippen LogP contribution in [0.25, 0.3) is 0 Å². The maximum Gasteiger partial charge on any atom is 0.317 e. The second-order valence-electron chi connectivity index (χ2n) is 13.1. The number of epoxide rings is 1. The summed E-state index contributed by atoms with van der Waals surface area (Å²) in [5.74, 6) is 0. The van der Waals surface area contributed by atoms with Crippen LogP contribution in [-0.2, 0) is 40.1 Å². The smallest absolute Gasteiger partial charge is 0.317 e. The Morgan fingerprint density at radius 3 is 1.54 bits per heavy atom. The predicted octanol–water partition coefficient (Wildman–Crippen LogP) is 5.83. The van der Waals surface area contributed by atoms with E-state index in [2.05, 4.69) is 65.5 Å². The molecule has 1 saturated heterocycles. The first-order chi connectivity index (χ1) is 18.0. The fraction of sp³-hybridized carbons (Fsp3) is 1.00. The van der Waals surface area contributed by atoms with Crippen molar-refractivity contribution in [2.75, 3.05) is 60.0 Å². The van der Waals surface area contributed by atoms with Gasteiger partial charge in [0.05, 0.1) is 26.4 Å². The summed E-state index contributed by atoms with van der Waals surface area (Å²) in [6, 6.07) is 1.71. The maximum atomic E-state index is 7.14. The zero-order valence-corrected chi connectivity index (χ0v) is 31.9. The van der Waals surface area contributed by atoms with Crippen LogP contribution < -0.4 is 0 Å². The fourth-order valence-electron chi connectivity index (χ4n) is 4.63. The Morgan fingerprint density at radius 2 is 1.05 bits per heavy atom. The second kappa shape index (κ2) is 17.7. The van der Waals surface area contributed by atoms with E-state index in [-0.39, 0.29) is 6.10 Å². The van der Waals surface area contributed by atoms with Crippen LogP contribution in [0.3, 0.4) is 0 Å². The molecule has 14 heteroatoms. The molecular formula is C25H60O9Si5. The molecule has 1 fully saturated rings. The third kappa shape index (κ3) is 21.1. The first-order valence-electron chi connectivity index (χ1n) is 14.6. The summed E-state index contributed by atoms with van der Waals surface area (Å²) in [6.45, 7) is 27.5. The van der Waals surface area contributed by atoms with E-state index < -0.39 is 42.3 Å². The lowest BCUT2D eigenvalue weighted by Gasteiger charge is -2.44. The van der Waals surface area contributed by atoms with Crippen LogP contribution in [0.5, 0.6) is 0 Å². The summed E-state index contributed by atoms with van der Waals surface area (Å²) < 4.78 is 55.1. The molecule has 0 amide bonds. The Labute approximate surface area is 244 Å². The van der Waals surface area contributed by atoms with Gasteiger partial charge in [-0.15, -0.1) is 0 Å². The minimum absolute atomic E-state index is 0.280. The Balaban J connectivity index is 2.78. The maximum absolute atomic E-state index is 7.14. The van der Waals surface area contributed by atoms with E-state index in [0.29, 0.717) is 39.6 Å². The first kappa shape index (κ1) is 37.7. The molecule has 0 aromatic heterocycles. The van der Waals surface area contributed by atoms with E-state index in [1.165, 1.54) is 0 Å². The van der Waals surface area contributed by atoms with E-state index in [1.54, 1.807) is 7.11 Å². The van der Waals surface area contributed by atoms with Gasteiger partial charge in [-0.2, -0.15) is 0 Å². The minimum atomic E-state index is -2.64. The van der Waals surface area contributed by atoms with Gasteiger partial charge in [0.15, 0.2) is 16.6 Å². The zero-order chi connectivity index (χ0) is 29.6. The number of methoxy groups -OCH3 is 1. The highest BCUT2D eigenvalue weighted by atomic mass is 28.5. The molecule has 0 aromatic carbocycles. The summed E-state index contributed by atoms with van der Waals surface area (Å²) in [5.41, 5.74) is 0. The van der Waals surface area contributed by atoms with Gasteiger partial charge in [-0.05, 0) is 96.8 Å². The molecule has 0 saturated carbocycles. The van der Waals surface area contributed by atoms with Gasteiger partial charge in [-0.1, -0.05) is 0 Å².